The smallest absolute Gasteiger partial charge is 0.188 e. The van der Waals surface area contributed by atoms with E-state index in [0.29, 0.717) is 6.54 Å². The van der Waals surface area contributed by atoms with Gasteiger partial charge in [0.1, 0.15) is 5.75 Å². The van der Waals surface area contributed by atoms with Crippen molar-refractivity contribution < 1.29 is 9.47 Å². The van der Waals surface area contributed by atoms with Gasteiger partial charge in [0.15, 0.2) is 6.79 Å². The molecule has 0 fully saturated rings. The van der Waals surface area contributed by atoms with E-state index >= 15 is 0 Å². The third-order valence-corrected chi connectivity index (χ3v) is 1.82. The zero-order chi connectivity index (χ0) is 9.68. The van der Waals surface area contributed by atoms with Gasteiger partial charge in [0, 0.05) is 13.7 Å². The lowest BCUT2D eigenvalue weighted by Crippen LogP contribution is -2.02. The SMILES string of the molecule is COCOc1cc(CN)ccc1C. The Balaban J connectivity index is 2.78. The van der Waals surface area contributed by atoms with Gasteiger partial charge in [-0.25, -0.2) is 0 Å². The van der Waals surface area contributed by atoms with E-state index in [9.17, 15) is 0 Å². The molecule has 3 nitrogen and oxygen atoms in total. The molecule has 0 saturated heterocycles. The summed E-state index contributed by atoms with van der Waals surface area (Å²) in [5.41, 5.74) is 7.67. The number of benzene rings is 1. The number of ether oxygens (including phenoxy) is 2. The first-order valence-electron chi connectivity index (χ1n) is 4.19. The van der Waals surface area contributed by atoms with Gasteiger partial charge in [0.2, 0.25) is 0 Å². The predicted octanol–water partition coefficient (Wildman–Crippen LogP) is 1.44. The molecule has 0 aliphatic heterocycles. The molecular formula is C10H15NO2. The van der Waals surface area contributed by atoms with E-state index in [1.807, 2.05) is 25.1 Å². The normalized spacial score (nSPS) is 10.1. The van der Waals surface area contributed by atoms with Crippen LogP contribution in [0.4, 0.5) is 0 Å². The van der Waals surface area contributed by atoms with Gasteiger partial charge in [0.25, 0.3) is 0 Å². The molecule has 13 heavy (non-hydrogen) atoms. The molecule has 72 valence electrons. The molecule has 0 spiro atoms. The number of hydrogen-bond donors (Lipinski definition) is 1. The van der Waals surface area contributed by atoms with Crippen LogP contribution in [0.5, 0.6) is 5.75 Å². The molecule has 3 heteroatoms. The van der Waals surface area contributed by atoms with Crippen LogP contribution < -0.4 is 10.5 Å². The molecule has 0 bridgehead atoms. The van der Waals surface area contributed by atoms with Crippen LogP contribution in [-0.2, 0) is 11.3 Å². The summed E-state index contributed by atoms with van der Waals surface area (Å²) in [5, 5.41) is 0. The van der Waals surface area contributed by atoms with Gasteiger partial charge in [-0.1, -0.05) is 12.1 Å². The number of nitrogens with two attached hydrogens (primary N) is 1. The van der Waals surface area contributed by atoms with E-state index in [2.05, 4.69) is 0 Å². The van der Waals surface area contributed by atoms with Crippen molar-refractivity contribution in [1.82, 2.24) is 0 Å². The fourth-order valence-electron chi connectivity index (χ4n) is 1.05. The van der Waals surface area contributed by atoms with Crippen LogP contribution in [-0.4, -0.2) is 13.9 Å². The standard InChI is InChI=1S/C10H15NO2/c1-8-3-4-9(6-11)5-10(8)13-7-12-2/h3-5H,6-7,11H2,1-2H3. The summed E-state index contributed by atoms with van der Waals surface area (Å²) in [6.45, 7) is 2.80. The molecule has 0 atom stereocenters. The average molecular weight is 181 g/mol. The van der Waals surface area contributed by atoms with E-state index in [1.165, 1.54) is 0 Å². The van der Waals surface area contributed by atoms with Crippen LogP contribution >= 0.6 is 0 Å². The Hall–Kier alpha value is -1.06. The fourth-order valence-corrected chi connectivity index (χ4v) is 1.05. The highest BCUT2D eigenvalue weighted by molar-refractivity contribution is 5.36. The van der Waals surface area contributed by atoms with Crippen LogP contribution in [0.15, 0.2) is 18.2 Å². The largest absolute Gasteiger partial charge is 0.467 e. The Morgan fingerprint density at radius 2 is 2.15 bits per heavy atom. The lowest BCUT2D eigenvalue weighted by Gasteiger charge is -2.08. The van der Waals surface area contributed by atoms with Crippen molar-refractivity contribution in [1.29, 1.82) is 0 Å². The van der Waals surface area contributed by atoms with Gasteiger partial charge in [-0.2, -0.15) is 0 Å². The minimum absolute atomic E-state index is 0.273. The average Bonchev–Trinajstić information content (AvgIpc) is 2.17. The van der Waals surface area contributed by atoms with Gasteiger partial charge < -0.3 is 15.2 Å². The summed E-state index contributed by atoms with van der Waals surface area (Å²) in [7, 11) is 1.60. The Bertz CT molecular complexity index is 274. The number of rotatable bonds is 4. The second kappa shape index (κ2) is 4.84. The summed E-state index contributed by atoms with van der Waals surface area (Å²) in [6.07, 6.45) is 0. The fraction of sp³-hybridized carbons (Fsp3) is 0.400. The van der Waals surface area contributed by atoms with Crippen molar-refractivity contribution in [3.8, 4) is 5.75 Å². The second-order valence-corrected chi connectivity index (χ2v) is 2.85. The number of methoxy groups -OCH3 is 1. The Morgan fingerprint density at radius 3 is 2.77 bits per heavy atom. The molecule has 0 unspecified atom stereocenters. The van der Waals surface area contributed by atoms with Gasteiger partial charge in [-0.15, -0.1) is 0 Å². The van der Waals surface area contributed by atoms with E-state index in [-0.39, 0.29) is 6.79 Å². The minimum Gasteiger partial charge on any atom is -0.467 e. The molecule has 0 saturated carbocycles. The molecule has 0 heterocycles. The molecule has 0 radical (unpaired) electrons. The van der Waals surface area contributed by atoms with Crippen molar-refractivity contribution in [2.45, 2.75) is 13.5 Å². The monoisotopic (exact) mass is 181 g/mol. The van der Waals surface area contributed by atoms with Crippen LogP contribution in [0.3, 0.4) is 0 Å². The highest BCUT2D eigenvalue weighted by atomic mass is 16.7. The first kappa shape index (κ1) is 10.0. The van der Waals surface area contributed by atoms with Gasteiger partial charge in [0.05, 0.1) is 0 Å². The van der Waals surface area contributed by atoms with Crippen molar-refractivity contribution in [2.24, 2.45) is 5.73 Å². The summed E-state index contributed by atoms with van der Waals surface area (Å²) in [4.78, 5) is 0. The minimum atomic E-state index is 0.273. The Kier molecular flexibility index (Phi) is 3.73. The van der Waals surface area contributed by atoms with Crippen molar-refractivity contribution >= 4 is 0 Å². The van der Waals surface area contributed by atoms with Crippen LogP contribution in [0, 0.1) is 6.92 Å². The highest BCUT2D eigenvalue weighted by Gasteiger charge is 1.99. The maximum Gasteiger partial charge on any atom is 0.188 e. The van der Waals surface area contributed by atoms with Gasteiger partial charge in [-0.3, -0.25) is 0 Å². The zero-order valence-corrected chi connectivity index (χ0v) is 8.04. The molecule has 0 aliphatic rings. The maximum atomic E-state index is 5.51. The topological polar surface area (TPSA) is 44.5 Å². The van der Waals surface area contributed by atoms with Gasteiger partial charge in [-0.05, 0) is 24.1 Å². The Morgan fingerprint density at radius 1 is 1.38 bits per heavy atom. The maximum absolute atomic E-state index is 5.51. The molecule has 0 amide bonds. The molecule has 0 aromatic heterocycles. The molecular weight excluding hydrogens is 166 g/mol. The van der Waals surface area contributed by atoms with E-state index in [0.717, 1.165) is 16.9 Å². The van der Waals surface area contributed by atoms with Crippen molar-refractivity contribution in [2.75, 3.05) is 13.9 Å². The Labute approximate surface area is 78.5 Å². The summed E-state index contributed by atoms with van der Waals surface area (Å²) in [6, 6.07) is 5.93. The van der Waals surface area contributed by atoms with E-state index in [1.54, 1.807) is 7.11 Å². The third-order valence-electron chi connectivity index (χ3n) is 1.82. The van der Waals surface area contributed by atoms with E-state index in [4.69, 9.17) is 15.2 Å². The highest BCUT2D eigenvalue weighted by Crippen LogP contribution is 2.19. The first-order valence-corrected chi connectivity index (χ1v) is 4.19. The summed E-state index contributed by atoms with van der Waals surface area (Å²) >= 11 is 0. The molecule has 1 rings (SSSR count). The second-order valence-electron chi connectivity index (χ2n) is 2.85. The zero-order valence-electron chi connectivity index (χ0n) is 8.04. The summed E-state index contributed by atoms with van der Waals surface area (Å²) in [5.74, 6) is 0.838. The van der Waals surface area contributed by atoms with Crippen LogP contribution in [0.1, 0.15) is 11.1 Å². The lowest BCUT2D eigenvalue weighted by molar-refractivity contribution is 0.0506. The summed E-state index contributed by atoms with van der Waals surface area (Å²) < 4.78 is 10.2. The lowest BCUT2D eigenvalue weighted by atomic mass is 10.1. The predicted molar refractivity (Wildman–Crippen MR) is 51.6 cm³/mol. The van der Waals surface area contributed by atoms with E-state index < -0.39 is 0 Å². The third kappa shape index (κ3) is 2.72. The van der Waals surface area contributed by atoms with Crippen molar-refractivity contribution in [3.63, 3.8) is 0 Å². The molecule has 1 aromatic rings. The van der Waals surface area contributed by atoms with Crippen LogP contribution in [0.25, 0.3) is 0 Å². The van der Waals surface area contributed by atoms with Crippen molar-refractivity contribution in [3.05, 3.63) is 29.3 Å². The molecule has 1 aromatic carbocycles. The quantitative estimate of drug-likeness (QED) is 0.715. The molecule has 2 N–H and O–H groups in total. The van der Waals surface area contributed by atoms with Crippen LogP contribution in [0.2, 0.25) is 0 Å². The molecule has 0 aliphatic carbocycles. The first-order chi connectivity index (χ1) is 6.27. The number of aryl methyl sites for hydroxylation is 1. The number of hydrogen-bond acceptors (Lipinski definition) is 3. The van der Waals surface area contributed by atoms with Gasteiger partial charge >= 0.3 is 0 Å².